The molecule has 0 aromatic heterocycles. The summed E-state index contributed by atoms with van der Waals surface area (Å²) in [5, 5.41) is 140. The maximum atomic E-state index is 12.6. The van der Waals surface area contributed by atoms with E-state index in [4.69, 9.17) is 28.4 Å². The lowest BCUT2D eigenvalue weighted by molar-refractivity contribution is -0.336. The lowest BCUT2D eigenvalue weighted by Gasteiger charge is -2.72. The molecule has 7 fully saturated rings. The molecule has 0 unspecified atom stereocenters. The molecule has 0 spiro atoms. The van der Waals surface area contributed by atoms with Crippen LogP contribution in [0.3, 0.4) is 0 Å². The Morgan fingerprint density at radius 3 is 1.63 bits per heavy atom. The molecule has 3 aliphatic heterocycles. The van der Waals surface area contributed by atoms with Crippen molar-refractivity contribution < 1.29 is 94.8 Å². The molecular formula is C48H80O19. The fourth-order valence-electron chi connectivity index (χ4n) is 15.0. The first-order valence-corrected chi connectivity index (χ1v) is 24.6. The maximum Gasteiger partial charge on any atom is 0.186 e. The van der Waals surface area contributed by atoms with Crippen molar-refractivity contribution in [3.8, 4) is 0 Å². The monoisotopic (exact) mass is 961 g/mol. The highest BCUT2D eigenvalue weighted by atomic mass is 16.7. The third-order valence-electron chi connectivity index (χ3n) is 19.5. The van der Waals surface area contributed by atoms with Crippen LogP contribution in [0.5, 0.6) is 0 Å². The lowest BCUT2D eigenvalue weighted by atomic mass is 9.33. The zero-order valence-electron chi connectivity index (χ0n) is 39.8. The molecule has 25 atom stereocenters. The van der Waals surface area contributed by atoms with Gasteiger partial charge in [0.05, 0.1) is 45.2 Å². The van der Waals surface area contributed by atoms with Gasteiger partial charge in [0.15, 0.2) is 18.9 Å². The SMILES string of the molecule is CC1(C)CC[C@]2(CO[C@H]3O[C@@H](CO)[C@H](O)[C@@H](O)[C@@H]3O)[C@@H](O)C[C@]3(C)C(=CC[C@@H]4[C@@]5(C)CC[C@H](O)[C@@](C)(CO[C@H]6O[C@@H](CO[C@H]7O[C@@H](CO)[C@H](O)[C@@H](O)[C@@H]7O)[C@H](O)[C@@H](O)[C@@H]6O)[C@@H]5CC[C@]43C)[C@@H]2C1. The van der Waals surface area contributed by atoms with Crippen molar-refractivity contribution in [2.75, 3.05) is 33.0 Å². The molecule has 8 aliphatic rings. The Morgan fingerprint density at radius 1 is 0.537 bits per heavy atom. The van der Waals surface area contributed by atoms with Crippen LogP contribution in [0, 0.1) is 50.2 Å². The summed E-state index contributed by atoms with van der Waals surface area (Å²) >= 11 is 0. The molecule has 0 amide bonds. The number of hydrogen-bond donors (Lipinski definition) is 13. The lowest BCUT2D eigenvalue weighted by Crippen LogP contribution is -2.68. The molecule has 0 aromatic carbocycles. The highest BCUT2D eigenvalue weighted by molar-refractivity contribution is 5.35. The van der Waals surface area contributed by atoms with Crippen LogP contribution < -0.4 is 0 Å². The molecule has 3 heterocycles. The first-order chi connectivity index (χ1) is 31.3. The van der Waals surface area contributed by atoms with Gasteiger partial charge in [-0.3, -0.25) is 0 Å². The van der Waals surface area contributed by atoms with Gasteiger partial charge in [0.2, 0.25) is 0 Å². The third-order valence-corrected chi connectivity index (χ3v) is 19.5. The summed E-state index contributed by atoms with van der Waals surface area (Å²) in [7, 11) is 0. The van der Waals surface area contributed by atoms with Gasteiger partial charge in [-0.2, -0.15) is 0 Å². The van der Waals surface area contributed by atoms with Crippen molar-refractivity contribution in [3.63, 3.8) is 0 Å². The van der Waals surface area contributed by atoms with Gasteiger partial charge >= 0.3 is 0 Å². The summed E-state index contributed by atoms with van der Waals surface area (Å²) in [6, 6.07) is 0. The van der Waals surface area contributed by atoms with Gasteiger partial charge in [0.1, 0.15) is 73.2 Å². The molecule has 0 bridgehead atoms. The molecule has 5 aliphatic carbocycles. The van der Waals surface area contributed by atoms with E-state index in [-0.39, 0.29) is 47.2 Å². The highest BCUT2D eigenvalue weighted by Crippen LogP contribution is 2.76. The summed E-state index contributed by atoms with van der Waals surface area (Å²) in [5.74, 6) is 0.000725. The van der Waals surface area contributed by atoms with E-state index in [0.717, 1.165) is 38.5 Å². The minimum Gasteiger partial charge on any atom is -0.394 e. The third kappa shape index (κ3) is 8.42. The quantitative estimate of drug-likeness (QED) is 0.106. The molecule has 0 radical (unpaired) electrons. The Morgan fingerprint density at radius 2 is 1.06 bits per heavy atom. The highest BCUT2D eigenvalue weighted by Gasteiger charge is 2.71. The second-order valence-corrected chi connectivity index (χ2v) is 23.6. The van der Waals surface area contributed by atoms with E-state index in [1.807, 2.05) is 6.92 Å². The minimum atomic E-state index is -1.73. The predicted octanol–water partition coefficient (Wildman–Crippen LogP) is -1.44. The van der Waals surface area contributed by atoms with E-state index in [0.29, 0.717) is 19.3 Å². The number of aliphatic hydroxyl groups is 13. The van der Waals surface area contributed by atoms with Gasteiger partial charge < -0.3 is 94.8 Å². The van der Waals surface area contributed by atoms with E-state index in [1.54, 1.807) is 0 Å². The van der Waals surface area contributed by atoms with Gasteiger partial charge in [-0.25, -0.2) is 0 Å². The first-order valence-electron chi connectivity index (χ1n) is 24.6. The smallest absolute Gasteiger partial charge is 0.186 e. The minimum absolute atomic E-state index is 0.0417. The average Bonchev–Trinajstić information content (AvgIpc) is 3.28. The van der Waals surface area contributed by atoms with Gasteiger partial charge in [-0.05, 0) is 97.2 Å². The van der Waals surface area contributed by atoms with E-state index >= 15 is 0 Å². The molecule has 8 rings (SSSR count). The van der Waals surface area contributed by atoms with Crippen LogP contribution in [-0.2, 0) is 28.4 Å². The topological polar surface area (TPSA) is 318 Å². The molecule has 0 aromatic rings. The summed E-state index contributed by atoms with van der Waals surface area (Å²) in [6.07, 6.45) is -15.6. The number of aliphatic hydroxyl groups excluding tert-OH is 13. The number of allylic oxidation sites excluding steroid dienone is 2. The van der Waals surface area contributed by atoms with Crippen LogP contribution in [0.1, 0.15) is 99.3 Å². The van der Waals surface area contributed by atoms with Gasteiger partial charge in [-0.1, -0.05) is 53.2 Å². The van der Waals surface area contributed by atoms with E-state index in [9.17, 15) is 66.4 Å². The van der Waals surface area contributed by atoms with Gasteiger partial charge in [0.25, 0.3) is 0 Å². The van der Waals surface area contributed by atoms with E-state index in [1.165, 1.54) is 5.57 Å². The van der Waals surface area contributed by atoms with Crippen molar-refractivity contribution in [1.82, 2.24) is 0 Å². The van der Waals surface area contributed by atoms with Crippen molar-refractivity contribution in [2.45, 2.75) is 204 Å². The zero-order chi connectivity index (χ0) is 49.0. The molecule has 386 valence electrons. The Bertz CT molecular complexity index is 1770. The van der Waals surface area contributed by atoms with Crippen LogP contribution >= 0.6 is 0 Å². The van der Waals surface area contributed by atoms with E-state index < -0.39 is 140 Å². The second kappa shape index (κ2) is 18.8. The molecule has 19 heteroatoms. The van der Waals surface area contributed by atoms with Gasteiger partial charge in [0, 0.05) is 10.8 Å². The van der Waals surface area contributed by atoms with Crippen molar-refractivity contribution in [3.05, 3.63) is 11.6 Å². The standard InChI is InChI=1S/C48H80O19/c1-43(2)13-14-48(21-64-42-38(60)35(57)32(54)25(18-50)66-42)23(15-43)22-7-8-28-44(3)11-10-29(51)45(4,27(44)9-12-46(28,5)47(22,6)16-30(48)52)20-63-41-39(61)36(58)33(55)26(67-41)19-62-40-37(59)34(56)31(53)24(17-49)65-40/h7,23-42,49-61H,8-21H2,1-6H3/t23-,24-,25-,26-,27+,28+,29-,30-,31-,32-,33-,34+,35+,36+,37-,38-,39-,40-,41-,42-,44-,45-,46+,47+,48+/m0/s1. The molecule has 4 saturated carbocycles. The summed E-state index contributed by atoms with van der Waals surface area (Å²) in [4.78, 5) is 0. The second-order valence-electron chi connectivity index (χ2n) is 23.6. The van der Waals surface area contributed by atoms with Crippen LogP contribution in [0.15, 0.2) is 11.6 Å². The fourth-order valence-corrected chi connectivity index (χ4v) is 15.0. The Hall–Kier alpha value is -1.02. The van der Waals surface area contributed by atoms with Crippen LogP contribution in [-0.4, -0.2) is 204 Å². The predicted molar refractivity (Wildman–Crippen MR) is 233 cm³/mol. The molecule has 19 nitrogen and oxygen atoms in total. The fraction of sp³-hybridized carbons (Fsp3) is 0.958. The molecule has 3 saturated heterocycles. The Kier molecular flexibility index (Phi) is 14.7. The number of rotatable bonds is 11. The van der Waals surface area contributed by atoms with E-state index in [2.05, 4.69) is 40.7 Å². The summed E-state index contributed by atoms with van der Waals surface area (Å²) in [6.45, 7) is 11.7. The van der Waals surface area contributed by atoms with Crippen molar-refractivity contribution in [1.29, 1.82) is 0 Å². The summed E-state index contributed by atoms with van der Waals surface area (Å²) < 4.78 is 35.4. The Labute approximate surface area is 392 Å². The Balaban J connectivity index is 1.01. The normalized spacial score (nSPS) is 55.4. The first kappa shape index (κ1) is 52.3. The van der Waals surface area contributed by atoms with Crippen LogP contribution in [0.25, 0.3) is 0 Å². The summed E-state index contributed by atoms with van der Waals surface area (Å²) in [5.41, 5.74) is -1.33. The molecule has 13 N–H and O–H groups in total. The number of hydrogen-bond acceptors (Lipinski definition) is 19. The number of fused-ring (bicyclic) bond motifs is 7. The van der Waals surface area contributed by atoms with Crippen molar-refractivity contribution in [2.24, 2.45) is 50.2 Å². The molecular weight excluding hydrogens is 881 g/mol. The maximum absolute atomic E-state index is 12.6. The zero-order valence-corrected chi connectivity index (χ0v) is 39.8. The van der Waals surface area contributed by atoms with Crippen molar-refractivity contribution >= 4 is 0 Å². The largest absolute Gasteiger partial charge is 0.394 e. The number of ether oxygens (including phenoxy) is 6. The van der Waals surface area contributed by atoms with Crippen LogP contribution in [0.2, 0.25) is 0 Å². The van der Waals surface area contributed by atoms with Gasteiger partial charge in [-0.15, -0.1) is 0 Å². The molecule has 67 heavy (non-hydrogen) atoms. The average molecular weight is 961 g/mol. The van der Waals surface area contributed by atoms with Crippen LogP contribution in [0.4, 0.5) is 0 Å².